The third kappa shape index (κ3) is 2.66. The molecule has 1 aliphatic rings. The number of carbonyl (C=O) groups is 1. The minimum absolute atomic E-state index is 0.191. The highest BCUT2D eigenvalue weighted by atomic mass is 16.5. The number of amides is 1. The van der Waals surface area contributed by atoms with Crippen LogP contribution in [0.1, 0.15) is 23.4 Å². The molecular formula is C12H19N3O2. The van der Waals surface area contributed by atoms with Gasteiger partial charge in [0.1, 0.15) is 5.76 Å². The Morgan fingerprint density at radius 1 is 1.53 bits per heavy atom. The second kappa shape index (κ2) is 4.87. The molecule has 5 nitrogen and oxygen atoms in total. The molecule has 1 aromatic rings. The Morgan fingerprint density at radius 3 is 2.71 bits per heavy atom. The highest BCUT2D eigenvalue weighted by molar-refractivity contribution is 5.76. The lowest BCUT2D eigenvalue weighted by atomic mass is 9.98. The molecular weight excluding hydrogens is 218 g/mol. The molecule has 0 atom stereocenters. The summed E-state index contributed by atoms with van der Waals surface area (Å²) in [4.78, 5) is 13.7. The van der Waals surface area contributed by atoms with Gasteiger partial charge >= 0.3 is 0 Å². The van der Waals surface area contributed by atoms with Gasteiger partial charge in [-0.1, -0.05) is 5.16 Å². The van der Waals surface area contributed by atoms with Gasteiger partial charge in [0.15, 0.2) is 0 Å². The van der Waals surface area contributed by atoms with Crippen molar-refractivity contribution in [2.45, 2.75) is 26.8 Å². The number of nitrogens with one attached hydrogen (secondary N) is 1. The van der Waals surface area contributed by atoms with Crippen LogP contribution in [0.15, 0.2) is 4.52 Å². The number of rotatable bonds is 4. The standard InChI is InChI=1S/C12H19N3O2/c1-8-11(9(2)17-14-8)7-15(3)12(16)4-10-5-13-6-10/h10,13H,4-7H2,1-3H3. The Labute approximate surface area is 101 Å². The Morgan fingerprint density at radius 2 is 2.24 bits per heavy atom. The SMILES string of the molecule is Cc1noc(C)c1CN(C)C(=O)CC1CNC1. The minimum Gasteiger partial charge on any atom is -0.361 e. The maximum atomic E-state index is 11.9. The van der Waals surface area contributed by atoms with Gasteiger partial charge in [-0.05, 0) is 32.9 Å². The zero-order valence-corrected chi connectivity index (χ0v) is 10.6. The molecule has 0 saturated carbocycles. The van der Waals surface area contributed by atoms with Crippen molar-refractivity contribution in [1.29, 1.82) is 0 Å². The van der Waals surface area contributed by atoms with E-state index in [1.165, 1.54) is 0 Å². The number of hydrogen-bond donors (Lipinski definition) is 1. The summed E-state index contributed by atoms with van der Waals surface area (Å²) in [6.45, 7) is 6.29. The van der Waals surface area contributed by atoms with Crippen molar-refractivity contribution >= 4 is 5.91 Å². The fourth-order valence-corrected chi connectivity index (χ4v) is 1.95. The van der Waals surface area contributed by atoms with E-state index in [1.807, 2.05) is 20.9 Å². The lowest BCUT2D eigenvalue weighted by Crippen LogP contribution is -2.44. The molecule has 2 rings (SSSR count). The quantitative estimate of drug-likeness (QED) is 0.843. The van der Waals surface area contributed by atoms with Gasteiger partial charge in [0.25, 0.3) is 0 Å². The fourth-order valence-electron chi connectivity index (χ4n) is 1.95. The van der Waals surface area contributed by atoms with Gasteiger partial charge in [-0.25, -0.2) is 0 Å². The van der Waals surface area contributed by atoms with E-state index in [-0.39, 0.29) is 5.91 Å². The first-order valence-electron chi connectivity index (χ1n) is 5.94. The molecule has 1 amide bonds. The molecule has 1 saturated heterocycles. The minimum atomic E-state index is 0.191. The summed E-state index contributed by atoms with van der Waals surface area (Å²) in [6, 6.07) is 0. The van der Waals surface area contributed by atoms with Gasteiger partial charge in [0.05, 0.1) is 12.2 Å². The van der Waals surface area contributed by atoms with Crippen molar-refractivity contribution in [3.05, 3.63) is 17.0 Å². The van der Waals surface area contributed by atoms with E-state index in [4.69, 9.17) is 4.52 Å². The molecule has 0 aromatic carbocycles. The fraction of sp³-hybridized carbons (Fsp3) is 0.667. The van der Waals surface area contributed by atoms with Crippen LogP contribution in [0.2, 0.25) is 0 Å². The summed E-state index contributed by atoms with van der Waals surface area (Å²) in [5, 5.41) is 7.07. The van der Waals surface area contributed by atoms with E-state index in [1.54, 1.807) is 4.90 Å². The van der Waals surface area contributed by atoms with Gasteiger partial charge in [0.2, 0.25) is 5.91 Å². The summed E-state index contributed by atoms with van der Waals surface area (Å²) in [5.74, 6) is 1.50. The predicted molar refractivity (Wildman–Crippen MR) is 63.4 cm³/mol. The van der Waals surface area contributed by atoms with Crippen LogP contribution in [0, 0.1) is 19.8 Å². The van der Waals surface area contributed by atoms with Crippen LogP contribution in [0.4, 0.5) is 0 Å². The molecule has 1 aliphatic heterocycles. The van der Waals surface area contributed by atoms with E-state index < -0.39 is 0 Å². The van der Waals surface area contributed by atoms with Crippen molar-refractivity contribution in [3.8, 4) is 0 Å². The number of aryl methyl sites for hydroxylation is 2. The largest absolute Gasteiger partial charge is 0.361 e. The summed E-state index contributed by atoms with van der Waals surface area (Å²) in [7, 11) is 1.83. The smallest absolute Gasteiger partial charge is 0.222 e. The molecule has 94 valence electrons. The van der Waals surface area contributed by atoms with Crippen LogP contribution in [-0.2, 0) is 11.3 Å². The molecule has 17 heavy (non-hydrogen) atoms. The van der Waals surface area contributed by atoms with Gasteiger partial charge in [-0.15, -0.1) is 0 Å². The Bertz CT molecular complexity index is 390. The maximum absolute atomic E-state index is 11.9. The lowest BCUT2D eigenvalue weighted by Gasteiger charge is -2.28. The van der Waals surface area contributed by atoms with Crippen LogP contribution in [-0.4, -0.2) is 36.1 Å². The number of hydrogen-bond acceptors (Lipinski definition) is 4. The van der Waals surface area contributed by atoms with Crippen molar-refractivity contribution in [2.24, 2.45) is 5.92 Å². The Kier molecular flexibility index (Phi) is 3.47. The second-order valence-electron chi connectivity index (χ2n) is 4.78. The first-order valence-corrected chi connectivity index (χ1v) is 5.94. The normalized spacial score (nSPS) is 15.7. The van der Waals surface area contributed by atoms with Gasteiger partial charge in [-0.2, -0.15) is 0 Å². The third-order valence-corrected chi connectivity index (χ3v) is 3.33. The second-order valence-corrected chi connectivity index (χ2v) is 4.78. The Balaban J connectivity index is 1.91. The molecule has 0 radical (unpaired) electrons. The maximum Gasteiger partial charge on any atom is 0.222 e. The molecule has 1 N–H and O–H groups in total. The summed E-state index contributed by atoms with van der Waals surface area (Å²) in [6.07, 6.45) is 0.632. The summed E-state index contributed by atoms with van der Waals surface area (Å²) >= 11 is 0. The lowest BCUT2D eigenvalue weighted by molar-refractivity contribution is -0.131. The Hall–Kier alpha value is -1.36. The number of aromatic nitrogens is 1. The average molecular weight is 237 g/mol. The first-order chi connectivity index (χ1) is 8.08. The molecule has 2 heterocycles. The highest BCUT2D eigenvalue weighted by Crippen LogP contribution is 2.16. The van der Waals surface area contributed by atoms with Crippen LogP contribution in [0.25, 0.3) is 0 Å². The van der Waals surface area contributed by atoms with Gasteiger partial charge in [-0.3, -0.25) is 4.79 Å². The van der Waals surface area contributed by atoms with Crippen LogP contribution in [0.5, 0.6) is 0 Å². The molecule has 1 fully saturated rings. The van der Waals surface area contributed by atoms with E-state index in [2.05, 4.69) is 10.5 Å². The van der Waals surface area contributed by atoms with Crippen LogP contribution in [0.3, 0.4) is 0 Å². The van der Waals surface area contributed by atoms with E-state index in [9.17, 15) is 4.79 Å². The van der Waals surface area contributed by atoms with Gasteiger partial charge in [0, 0.05) is 19.0 Å². The van der Waals surface area contributed by atoms with E-state index in [0.717, 1.165) is 30.1 Å². The summed E-state index contributed by atoms with van der Waals surface area (Å²) < 4.78 is 5.09. The molecule has 0 unspecified atom stereocenters. The highest BCUT2D eigenvalue weighted by Gasteiger charge is 2.23. The number of carbonyl (C=O) groups excluding carboxylic acids is 1. The van der Waals surface area contributed by atoms with E-state index in [0.29, 0.717) is 18.9 Å². The molecule has 0 aliphatic carbocycles. The molecule has 0 spiro atoms. The zero-order valence-electron chi connectivity index (χ0n) is 10.6. The predicted octanol–water partition coefficient (Wildman–Crippen LogP) is 0.859. The summed E-state index contributed by atoms with van der Waals surface area (Å²) in [5.41, 5.74) is 1.89. The molecule has 5 heteroatoms. The van der Waals surface area contributed by atoms with Crippen LogP contribution >= 0.6 is 0 Å². The average Bonchev–Trinajstić information content (AvgIpc) is 2.54. The van der Waals surface area contributed by atoms with E-state index >= 15 is 0 Å². The van der Waals surface area contributed by atoms with Crippen molar-refractivity contribution in [1.82, 2.24) is 15.4 Å². The molecule has 1 aromatic heterocycles. The zero-order chi connectivity index (χ0) is 12.4. The molecule has 0 bridgehead atoms. The third-order valence-electron chi connectivity index (χ3n) is 3.33. The van der Waals surface area contributed by atoms with Crippen LogP contribution < -0.4 is 5.32 Å². The number of nitrogens with zero attached hydrogens (tertiary/aromatic N) is 2. The topological polar surface area (TPSA) is 58.4 Å². The van der Waals surface area contributed by atoms with Crippen molar-refractivity contribution in [2.75, 3.05) is 20.1 Å². The first kappa shape index (κ1) is 12.1. The van der Waals surface area contributed by atoms with Gasteiger partial charge < -0.3 is 14.7 Å². The van der Waals surface area contributed by atoms with Crippen molar-refractivity contribution in [3.63, 3.8) is 0 Å². The van der Waals surface area contributed by atoms with Crippen molar-refractivity contribution < 1.29 is 9.32 Å². The monoisotopic (exact) mass is 237 g/mol.